The number of likely N-dealkylation sites (tertiary alicyclic amines) is 1. The largest absolute Gasteiger partial charge is 0.306 e. The van der Waals surface area contributed by atoms with E-state index in [1.54, 1.807) is 0 Å². The lowest BCUT2D eigenvalue weighted by Gasteiger charge is -2.58. The molecule has 0 amide bonds. The van der Waals surface area contributed by atoms with E-state index < -0.39 is 0 Å². The summed E-state index contributed by atoms with van der Waals surface area (Å²) in [5.41, 5.74) is 1.30. The lowest BCUT2D eigenvalue weighted by Crippen LogP contribution is -2.54. The first kappa shape index (κ1) is 8.55. The van der Waals surface area contributed by atoms with Crippen LogP contribution in [0.25, 0.3) is 0 Å². The van der Waals surface area contributed by atoms with Crippen molar-refractivity contribution in [3.63, 3.8) is 0 Å². The molecule has 70 valence electrons. The monoisotopic (exact) mass is 167 g/mol. The Morgan fingerprint density at radius 2 is 1.75 bits per heavy atom. The van der Waals surface area contributed by atoms with Crippen LogP contribution < -0.4 is 0 Å². The van der Waals surface area contributed by atoms with E-state index in [2.05, 4.69) is 25.8 Å². The summed E-state index contributed by atoms with van der Waals surface area (Å²) in [4.78, 5) is 2.49. The summed E-state index contributed by atoms with van der Waals surface area (Å²) in [6, 6.07) is 0. The first-order valence-corrected chi connectivity index (χ1v) is 5.24. The van der Waals surface area contributed by atoms with Crippen molar-refractivity contribution >= 4 is 0 Å². The molecule has 1 heterocycles. The number of nitrogens with zero attached hydrogens (tertiary/aromatic N) is 1. The zero-order chi connectivity index (χ0) is 8.82. The summed E-state index contributed by atoms with van der Waals surface area (Å²) >= 11 is 0. The molecule has 0 unspecified atom stereocenters. The van der Waals surface area contributed by atoms with E-state index in [9.17, 15) is 0 Å². The fourth-order valence-electron chi connectivity index (χ4n) is 3.20. The minimum Gasteiger partial charge on any atom is -0.306 e. The molecule has 12 heavy (non-hydrogen) atoms. The Balaban J connectivity index is 2.14. The van der Waals surface area contributed by atoms with Crippen LogP contribution >= 0.6 is 0 Å². The predicted octanol–water partition coefficient (Wildman–Crippen LogP) is 2.52. The van der Waals surface area contributed by atoms with Crippen LogP contribution in [0.4, 0.5) is 0 Å². The second kappa shape index (κ2) is 2.47. The lowest BCUT2D eigenvalue weighted by atomic mass is 9.51. The predicted molar refractivity (Wildman–Crippen MR) is 52.2 cm³/mol. The summed E-state index contributed by atoms with van der Waals surface area (Å²) in [5, 5.41) is 0. The molecule has 2 aliphatic rings. The Labute approximate surface area is 76.1 Å². The quantitative estimate of drug-likeness (QED) is 0.536. The average molecular weight is 167 g/mol. The molecule has 0 bridgehead atoms. The van der Waals surface area contributed by atoms with Gasteiger partial charge >= 0.3 is 0 Å². The molecule has 1 aliphatic carbocycles. The zero-order valence-corrected chi connectivity index (χ0v) is 8.69. The van der Waals surface area contributed by atoms with Gasteiger partial charge in [-0.15, -0.1) is 0 Å². The van der Waals surface area contributed by atoms with Gasteiger partial charge in [0.15, 0.2) is 0 Å². The Bertz CT molecular complexity index is 179. The number of hydrogen-bond donors (Lipinski definition) is 0. The lowest BCUT2D eigenvalue weighted by molar-refractivity contribution is -0.0789. The van der Waals surface area contributed by atoms with E-state index >= 15 is 0 Å². The molecule has 0 atom stereocenters. The highest BCUT2D eigenvalue weighted by Gasteiger charge is 2.51. The molecular weight excluding hydrogens is 146 g/mol. The van der Waals surface area contributed by atoms with Crippen molar-refractivity contribution in [1.82, 2.24) is 4.90 Å². The van der Waals surface area contributed by atoms with E-state index in [0.29, 0.717) is 5.41 Å². The van der Waals surface area contributed by atoms with Gasteiger partial charge in [-0.3, -0.25) is 0 Å². The molecule has 0 aromatic carbocycles. The van der Waals surface area contributed by atoms with Gasteiger partial charge in [-0.05, 0) is 43.7 Å². The Hall–Kier alpha value is -0.0400. The van der Waals surface area contributed by atoms with Crippen LogP contribution in [-0.2, 0) is 0 Å². The Morgan fingerprint density at radius 3 is 2.17 bits per heavy atom. The Kier molecular flexibility index (Phi) is 1.76. The summed E-state index contributed by atoms with van der Waals surface area (Å²) < 4.78 is 0. The fraction of sp³-hybridized carbons (Fsp3) is 1.00. The maximum Gasteiger partial charge on any atom is 0.00350 e. The highest BCUT2D eigenvalue weighted by molar-refractivity contribution is 5.02. The Morgan fingerprint density at radius 1 is 1.08 bits per heavy atom. The second-order valence-corrected chi connectivity index (χ2v) is 5.51. The molecule has 2 rings (SSSR count). The van der Waals surface area contributed by atoms with Gasteiger partial charge in [0.25, 0.3) is 0 Å². The molecule has 0 radical (unpaired) electrons. The van der Waals surface area contributed by atoms with Crippen molar-refractivity contribution in [2.45, 2.75) is 39.5 Å². The summed E-state index contributed by atoms with van der Waals surface area (Å²) in [5.74, 6) is 0. The third-order valence-corrected chi connectivity index (χ3v) is 4.38. The molecule has 1 spiro atoms. The number of rotatable bonds is 0. The summed E-state index contributed by atoms with van der Waals surface area (Å²) in [6.07, 6.45) is 5.91. The van der Waals surface area contributed by atoms with E-state index in [4.69, 9.17) is 0 Å². The molecule has 0 aromatic heterocycles. The SMILES string of the molecule is CN1CCC2(CCC2)C(C)(C)C1. The van der Waals surface area contributed by atoms with E-state index in [1.807, 2.05) is 0 Å². The van der Waals surface area contributed by atoms with Gasteiger partial charge in [0.2, 0.25) is 0 Å². The van der Waals surface area contributed by atoms with E-state index in [-0.39, 0.29) is 0 Å². The zero-order valence-electron chi connectivity index (χ0n) is 8.69. The van der Waals surface area contributed by atoms with Crippen LogP contribution in [0.3, 0.4) is 0 Å². The molecule has 1 saturated heterocycles. The third-order valence-electron chi connectivity index (χ3n) is 4.38. The standard InChI is InChI=1S/C11H21N/c1-10(2)9-12(3)8-7-11(10)5-4-6-11/h4-9H2,1-3H3. The van der Waals surface area contributed by atoms with Crippen LogP contribution in [-0.4, -0.2) is 25.0 Å². The highest BCUT2D eigenvalue weighted by Crippen LogP contribution is 2.58. The van der Waals surface area contributed by atoms with E-state index in [1.165, 1.54) is 38.8 Å². The van der Waals surface area contributed by atoms with Crippen molar-refractivity contribution in [2.75, 3.05) is 20.1 Å². The summed E-state index contributed by atoms with van der Waals surface area (Å²) in [7, 11) is 2.26. The number of hydrogen-bond acceptors (Lipinski definition) is 1. The second-order valence-electron chi connectivity index (χ2n) is 5.51. The fourth-order valence-corrected chi connectivity index (χ4v) is 3.20. The van der Waals surface area contributed by atoms with Crippen molar-refractivity contribution in [3.05, 3.63) is 0 Å². The molecule has 1 heteroatoms. The molecule has 0 N–H and O–H groups in total. The first-order chi connectivity index (χ1) is 5.56. The van der Waals surface area contributed by atoms with Gasteiger partial charge in [0, 0.05) is 6.54 Å². The van der Waals surface area contributed by atoms with Gasteiger partial charge in [0.1, 0.15) is 0 Å². The smallest absolute Gasteiger partial charge is 0.00350 e. The molecular formula is C11H21N. The third kappa shape index (κ3) is 1.02. The maximum absolute atomic E-state index is 2.49. The topological polar surface area (TPSA) is 3.24 Å². The number of piperidine rings is 1. The van der Waals surface area contributed by atoms with Crippen LogP contribution in [0.5, 0.6) is 0 Å². The highest BCUT2D eigenvalue weighted by atomic mass is 15.1. The van der Waals surface area contributed by atoms with Gasteiger partial charge in [-0.2, -0.15) is 0 Å². The van der Waals surface area contributed by atoms with Crippen LogP contribution in [0.1, 0.15) is 39.5 Å². The van der Waals surface area contributed by atoms with Crippen molar-refractivity contribution in [2.24, 2.45) is 10.8 Å². The van der Waals surface area contributed by atoms with Gasteiger partial charge in [0.05, 0.1) is 0 Å². The summed E-state index contributed by atoms with van der Waals surface area (Å²) in [6.45, 7) is 7.54. The molecule has 0 aromatic rings. The van der Waals surface area contributed by atoms with Crippen molar-refractivity contribution in [3.8, 4) is 0 Å². The normalized spacial score (nSPS) is 33.2. The van der Waals surface area contributed by atoms with Crippen molar-refractivity contribution in [1.29, 1.82) is 0 Å². The molecule has 1 saturated carbocycles. The molecule has 1 aliphatic heterocycles. The van der Waals surface area contributed by atoms with Gasteiger partial charge in [-0.1, -0.05) is 20.3 Å². The van der Waals surface area contributed by atoms with E-state index in [0.717, 1.165) is 5.41 Å². The minimum atomic E-state index is 0.568. The average Bonchev–Trinajstić information content (AvgIpc) is 1.80. The van der Waals surface area contributed by atoms with Crippen molar-refractivity contribution < 1.29 is 0 Å². The molecule has 2 fully saturated rings. The van der Waals surface area contributed by atoms with Gasteiger partial charge < -0.3 is 4.90 Å². The molecule has 1 nitrogen and oxygen atoms in total. The van der Waals surface area contributed by atoms with Gasteiger partial charge in [-0.25, -0.2) is 0 Å². The van der Waals surface area contributed by atoms with Crippen LogP contribution in [0.2, 0.25) is 0 Å². The van der Waals surface area contributed by atoms with Crippen LogP contribution in [0, 0.1) is 10.8 Å². The minimum absolute atomic E-state index is 0.568. The first-order valence-electron chi connectivity index (χ1n) is 5.24. The maximum atomic E-state index is 2.49. The van der Waals surface area contributed by atoms with Crippen LogP contribution in [0.15, 0.2) is 0 Å².